The first kappa shape index (κ1) is 22.0. The Hall–Kier alpha value is -3.24. The van der Waals surface area contributed by atoms with Crippen LogP contribution in [0.5, 0.6) is 0 Å². The van der Waals surface area contributed by atoms with Gasteiger partial charge in [-0.25, -0.2) is 19.7 Å². The summed E-state index contributed by atoms with van der Waals surface area (Å²) in [6.45, 7) is 5.98. The second-order valence-corrected chi connectivity index (χ2v) is 9.20. The lowest BCUT2D eigenvalue weighted by Crippen LogP contribution is -2.12. The van der Waals surface area contributed by atoms with Crippen LogP contribution in [0.4, 0.5) is 5.82 Å². The smallest absolute Gasteiger partial charge is 0.343 e. The molecule has 4 aromatic rings. The second kappa shape index (κ2) is 9.09. The normalized spacial score (nSPS) is 11.1. The molecule has 3 N–H and O–H groups in total. The molecule has 10 heteroatoms. The Labute approximate surface area is 192 Å². The van der Waals surface area contributed by atoms with Crippen LogP contribution >= 0.6 is 23.1 Å². The number of nitrogens with one attached hydrogen (secondary N) is 1. The first-order valence-corrected chi connectivity index (χ1v) is 11.7. The number of aromatic amines is 1. The molecule has 0 spiro atoms. The standard InChI is InChI=1S/C22H21N5O3S2/c1-4-30-21(29)14-9-24-22(27-18(14)23)31-10-15-25-19(28)17-16(12(3)32-20(17)26-15)13-7-5-11(2)6-8-13/h5-9H,4,10H2,1-3H3,(H2,23,24,27)(H,25,26,28). The van der Waals surface area contributed by atoms with Gasteiger partial charge in [0.2, 0.25) is 0 Å². The summed E-state index contributed by atoms with van der Waals surface area (Å²) in [7, 11) is 0. The minimum Gasteiger partial charge on any atom is -0.462 e. The molecule has 0 saturated carbocycles. The first-order chi connectivity index (χ1) is 15.4. The number of rotatable bonds is 6. The minimum atomic E-state index is -0.560. The van der Waals surface area contributed by atoms with E-state index in [1.807, 2.05) is 38.1 Å². The largest absolute Gasteiger partial charge is 0.462 e. The topological polar surface area (TPSA) is 124 Å². The van der Waals surface area contributed by atoms with Crippen molar-refractivity contribution in [2.75, 3.05) is 12.3 Å². The zero-order valence-electron chi connectivity index (χ0n) is 17.8. The van der Waals surface area contributed by atoms with Gasteiger partial charge in [-0.1, -0.05) is 41.6 Å². The Morgan fingerprint density at radius 1 is 1.22 bits per heavy atom. The van der Waals surface area contributed by atoms with E-state index in [-0.39, 0.29) is 23.5 Å². The molecule has 0 radical (unpaired) electrons. The van der Waals surface area contributed by atoms with Crippen molar-refractivity contribution in [2.45, 2.75) is 31.7 Å². The molecule has 0 saturated heterocycles. The van der Waals surface area contributed by atoms with Crippen LogP contribution in [0.1, 0.15) is 33.5 Å². The number of thiophene rings is 1. The summed E-state index contributed by atoms with van der Waals surface area (Å²) >= 11 is 2.76. The first-order valence-electron chi connectivity index (χ1n) is 9.89. The maximum absolute atomic E-state index is 12.9. The van der Waals surface area contributed by atoms with E-state index in [2.05, 4.69) is 19.9 Å². The molecule has 0 bridgehead atoms. The highest BCUT2D eigenvalue weighted by molar-refractivity contribution is 7.98. The highest BCUT2D eigenvalue weighted by atomic mass is 32.2. The van der Waals surface area contributed by atoms with E-state index in [9.17, 15) is 9.59 Å². The number of fused-ring (bicyclic) bond motifs is 1. The van der Waals surface area contributed by atoms with Crippen LogP contribution in [0.3, 0.4) is 0 Å². The summed E-state index contributed by atoms with van der Waals surface area (Å²) in [4.78, 5) is 42.3. The lowest BCUT2D eigenvalue weighted by Gasteiger charge is -2.06. The molecule has 4 rings (SSSR count). The molecule has 3 heterocycles. The van der Waals surface area contributed by atoms with Crippen molar-refractivity contribution in [1.82, 2.24) is 19.9 Å². The van der Waals surface area contributed by atoms with Gasteiger partial charge in [-0.2, -0.15) is 0 Å². The highest BCUT2D eigenvalue weighted by Crippen LogP contribution is 2.35. The van der Waals surface area contributed by atoms with Gasteiger partial charge in [0.25, 0.3) is 5.56 Å². The molecule has 0 unspecified atom stereocenters. The molecule has 3 aromatic heterocycles. The lowest BCUT2D eigenvalue weighted by atomic mass is 10.0. The molecule has 32 heavy (non-hydrogen) atoms. The monoisotopic (exact) mass is 467 g/mol. The number of ether oxygens (including phenoxy) is 1. The molecule has 8 nitrogen and oxygen atoms in total. The molecule has 0 atom stereocenters. The quantitative estimate of drug-likeness (QED) is 0.247. The summed E-state index contributed by atoms with van der Waals surface area (Å²) in [5.41, 5.74) is 8.90. The molecule has 0 aliphatic carbocycles. The van der Waals surface area contributed by atoms with Gasteiger partial charge in [0.1, 0.15) is 22.0 Å². The summed E-state index contributed by atoms with van der Waals surface area (Å²) in [5.74, 6) is 0.353. The van der Waals surface area contributed by atoms with Gasteiger partial charge in [0.15, 0.2) is 5.16 Å². The van der Waals surface area contributed by atoms with E-state index in [0.717, 1.165) is 21.6 Å². The van der Waals surface area contributed by atoms with Gasteiger partial charge in [-0.3, -0.25) is 4.79 Å². The Morgan fingerprint density at radius 3 is 2.66 bits per heavy atom. The third-order valence-corrected chi connectivity index (χ3v) is 6.63. The number of nitrogens with zero attached hydrogens (tertiary/aromatic N) is 3. The molecule has 0 aliphatic heterocycles. The van der Waals surface area contributed by atoms with Crippen molar-refractivity contribution >= 4 is 45.1 Å². The number of H-pyrrole nitrogens is 1. The van der Waals surface area contributed by atoms with Gasteiger partial charge in [0, 0.05) is 16.6 Å². The number of nitrogen functional groups attached to an aromatic ring is 1. The molecular formula is C22H21N5O3S2. The van der Waals surface area contributed by atoms with Gasteiger partial charge in [-0.05, 0) is 26.3 Å². The molecule has 0 amide bonds. The van der Waals surface area contributed by atoms with E-state index in [0.29, 0.717) is 27.0 Å². The number of esters is 1. The summed E-state index contributed by atoms with van der Waals surface area (Å²) in [6, 6.07) is 8.11. The van der Waals surface area contributed by atoms with E-state index < -0.39 is 5.97 Å². The SMILES string of the molecule is CCOC(=O)c1cnc(SCc2nc3sc(C)c(-c4ccc(C)cc4)c3c(=O)[nH]2)nc1N. The van der Waals surface area contributed by atoms with E-state index >= 15 is 0 Å². The lowest BCUT2D eigenvalue weighted by molar-refractivity contribution is 0.0526. The number of anilines is 1. The van der Waals surface area contributed by atoms with Crippen molar-refractivity contribution in [3.8, 4) is 11.1 Å². The Morgan fingerprint density at radius 2 is 1.97 bits per heavy atom. The van der Waals surface area contributed by atoms with Gasteiger partial charge >= 0.3 is 5.97 Å². The molecule has 164 valence electrons. The van der Waals surface area contributed by atoms with Gasteiger partial charge < -0.3 is 15.5 Å². The summed E-state index contributed by atoms with van der Waals surface area (Å²) in [6.07, 6.45) is 1.35. The maximum atomic E-state index is 12.9. The number of hydrogen-bond acceptors (Lipinski definition) is 9. The fourth-order valence-corrected chi connectivity index (χ4v) is 5.00. The predicted octanol–water partition coefficient (Wildman–Crippen LogP) is 4.11. The number of aryl methyl sites for hydroxylation is 2. The van der Waals surface area contributed by atoms with E-state index in [1.165, 1.54) is 29.3 Å². The van der Waals surface area contributed by atoms with Crippen molar-refractivity contribution in [1.29, 1.82) is 0 Å². The van der Waals surface area contributed by atoms with Crippen LogP contribution in [0.15, 0.2) is 40.4 Å². The van der Waals surface area contributed by atoms with Gasteiger partial charge in [0.05, 0.1) is 17.7 Å². The minimum absolute atomic E-state index is 0.0504. The van der Waals surface area contributed by atoms with Crippen molar-refractivity contribution < 1.29 is 9.53 Å². The zero-order chi connectivity index (χ0) is 22.8. The number of thioether (sulfide) groups is 1. The van der Waals surface area contributed by atoms with Gasteiger partial charge in [-0.15, -0.1) is 11.3 Å². The third kappa shape index (κ3) is 4.37. The predicted molar refractivity (Wildman–Crippen MR) is 127 cm³/mol. The number of benzene rings is 1. The van der Waals surface area contributed by atoms with Crippen LogP contribution in [0.25, 0.3) is 21.3 Å². The average molecular weight is 468 g/mol. The number of carbonyl (C=O) groups is 1. The second-order valence-electron chi connectivity index (χ2n) is 7.05. The van der Waals surface area contributed by atoms with Crippen LogP contribution in [-0.2, 0) is 10.5 Å². The van der Waals surface area contributed by atoms with Crippen molar-refractivity contribution in [3.63, 3.8) is 0 Å². The zero-order valence-corrected chi connectivity index (χ0v) is 19.4. The fourth-order valence-electron chi connectivity index (χ4n) is 3.25. The Kier molecular flexibility index (Phi) is 6.24. The summed E-state index contributed by atoms with van der Waals surface area (Å²) in [5, 5.41) is 0.977. The van der Waals surface area contributed by atoms with Crippen molar-refractivity contribution in [3.05, 3.63) is 62.6 Å². The Balaban J connectivity index is 1.59. The molecular weight excluding hydrogens is 446 g/mol. The van der Waals surface area contributed by atoms with E-state index in [4.69, 9.17) is 10.5 Å². The third-order valence-electron chi connectivity index (χ3n) is 4.76. The van der Waals surface area contributed by atoms with Crippen LogP contribution in [0, 0.1) is 13.8 Å². The number of aromatic nitrogens is 4. The summed E-state index contributed by atoms with van der Waals surface area (Å²) < 4.78 is 4.93. The fraction of sp³-hybridized carbons (Fsp3) is 0.227. The average Bonchev–Trinajstić information content (AvgIpc) is 3.09. The number of nitrogens with two attached hydrogens (primary N) is 1. The van der Waals surface area contributed by atoms with E-state index in [1.54, 1.807) is 6.92 Å². The van der Waals surface area contributed by atoms with Crippen LogP contribution < -0.4 is 11.3 Å². The maximum Gasteiger partial charge on any atom is 0.343 e. The van der Waals surface area contributed by atoms with Crippen LogP contribution in [-0.4, -0.2) is 32.5 Å². The molecule has 0 aliphatic rings. The Bertz CT molecular complexity index is 1360. The molecule has 1 aromatic carbocycles. The highest BCUT2D eigenvalue weighted by Gasteiger charge is 2.18. The van der Waals surface area contributed by atoms with Crippen molar-refractivity contribution in [2.24, 2.45) is 0 Å². The molecule has 0 fully saturated rings. The number of carbonyl (C=O) groups excluding carboxylic acids is 1. The number of hydrogen-bond donors (Lipinski definition) is 2. The van der Waals surface area contributed by atoms with Crippen LogP contribution in [0.2, 0.25) is 0 Å².